The molecule has 0 fully saturated rings. The van der Waals surface area contributed by atoms with E-state index in [9.17, 15) is 4.79 Å². The van der Waals surface area contributed by atoms with Crippen LogP contribution in [0, 0.1) is 29.6 Å². The number of aryl methyl sites for hydroxylation is 1. The Morgan fingerprint density at radius 3 is 2.50 bits per heavy atom. The van der Waals surface area contributed by atoms with E-state index in [1.54, 1.807) is 6.20 Å². The topological polar surface area (TPSA) is 82.5 Å². The lowest BCUT2D eigenvalue weighted by molar-refractivity contribution is -0.117. The highest BCUT2D eigenvalue weighted by atomic mass is 32.2. The maximum atomic E-state index is 12.3. The molecule has 3 rings (SSSR count). The first-order valence-electron chi connectivity index (χ1n) is 8.81. The Kier molecular flexibility index (Phi) is 6.07. The lowest BCUT2D eigenvalue weighted by Crippen LogP contribution is -2.21. The fourth-order valence-corrected chi connectivity index (χ4v) is 3.72. The molecule has 0 saturated carbocycles. The number of ketones is 1. The number of nitrogens with one attached hydrogen (secondary N) is 1. The number of benzene rings is 2. The van der Waals surface area contributed by atoms with Crippen molar-refractivity contribution in [1.82, 2.24) is 9.55 Å². The number of hydrogen-bond donors (Lipinski definition) is 1. The molecular weight excluding hydrogens is 368 g/mol. The average Bonchev–Trinajstić information content (AvgIpc) is 3.12. The minimum absolute atomic E-state index is 0.0693. The van der Waals surface area contributed by atoms with Crippen molar-refractivity contribution >= 4 is 23.3 Å². The van der Waals surface area contributed by atoms with Crippen LogP contribution >= 0.6 is 11.8 Å². The van der Waals surface area contributed by atoms with E-state index in [-0.39, 0.29) is 17.2 Å². The van der Waals surface area contributed by atoms with Crippen molar-refractivity contribution in [3.05, 3.63) is 66.4 Å². The molecule has 5 nitrogen and oxygen atoms in total. The fourth-order valence-electron chi connectivity index (χ4n) is 2.82. The van der Waals surface area contributed by atoms with Crippen LogP contribution in [0.5, 0.6) is 0 Å². The smallest absolute Gasteiger partial charge is 0.173 e. The molecule has 0 spiro atoms. The van der Waals surface area contributed by atoms with Crippen molar-refractivity contribution in [2.24, 2.45) is 5.92 Å². The zero-order valence-corrected chi connectivity index (χ0v) is 16.5. The summed E-state index contributed by atoms with van der Waals surface area (Å²) < 4.78 is 2.02. The lowest BCUT2D eigenvalue weighted by Gasteiger charge is -2.12. The van der Waals surface area contributed by atoms with Gasteiger partial charge in [0.2, 0.25) is 0 Å². The number of nitrogens with zero attached hydrogens (tertiary/aromatic N) is 3. The second kappa shape index (κ2) is 8.68. The number of para-hydroxylation sites is 1. The van der Waals surface area contributed by atoms with E-state index < -0.39 is 5.92 Å². The third kappa shape index (κ3) is 4.21. The van der Waals surface area contributed by atoms with Gasteiger partial charge in [-0.15, -0.1) is 0 Å². The van der Waals surface area contributed by atoms with Crippen LogP contribution in [0.25, 0.3) is 16.9 Å². The van der Waals surface area contributed by atoms with Gasteiger partial charge in [0, 0.05) is 17.0 Å². The Hall–Kier alpha value is -3.17. The standard InChI is InChI=1S/C22H20N4OS/c1-15-8-10-17(11-9-15)20-13-25-22(26(20)18-6-4-3-5-7-18)28-14-21(27)19(12-23)16(2)24/h3-11,13,19,24H,14H2,1-2H3/t19-/m0/s1. The SMILES string of the molecule is CC(=N)[C@H](C#N)C(=O)CSc1ncc(-c2ccc(C)cc2)n1-c1ccccc1. The zero-order chi connectivity index (χ0) is 20.1. The number of Topliss-reactive ketones (excluding diaryl/α,β-unsaturated/α-hetero) is 1. The Morgan fingerprint density at radius 1 is 1.21 bits per heavy atom. The normalized spacial score (nSPS) is 11.6. The number of hydrogen-bond acceptors (Lipinski definition) is 5. The van der Waals surface area contributed by atoms with E-state index >= 15 is 0 Å². The molecule has 0 radical (unpaired) electrons. The number of carbonyl (C=O) groups excluding carboxylic acids is 1. The van der Waals surface area contributed by atoms with Gasteiger partial charge in [-0.3, -0.25) is 9.36 Å². The van der Waals surface area contributed by atoms with Crippen molar-refractivity contribution in [1.29, 1.82) is 10.7 Å². The van der Waals surface area contributed by atoms with Gasteiger partial charge in [-0.25, -0.2) is 4.98 Å². The first kappa shape index (κ1) is 19.6. The Balaban J connectivity index is 1.96. The summed E-state index contributed by atoms with van der Waals surface area (Å²) in [5.74, 6) is -1.19. The molecule has 1 N–H and O–H groups in total. The molecule has 1 aromatic heterocycles. The molecule has 3 aromatic rings. The van der Waals surface area contributed by atoms with E-state index in [1.807, 2.05) is 47.9 Å². The van der Waals surface area contributed by atoms with Crippen LogP contribution in [0.2, 0.25) is 0 Å². The predicted molar refractivity (Wildman–Crippen MR) is 112 cm³/mol. The third-order valence-electron chi connectivity index (χ3n) is 4.32. The van der Waals surface area contributed by atoms with Crippen molar-refractivity contribution in [2.45, 2.75) is 19.0 Å². The first-order chi connectivity index (χ1) is 13.5. The maximum Gasteiger partial charge on any atom is 0.173 e. The lowest BCUT2D eigenvalue weighted by atomic mass is 10.0. The van der Waals surface area contributed by atoms with Gasteiger partial charge in [-0.1, -0.05) is 59.8 Å². The molecule has 0 aliphatic rings. The maximum absolute atomic E-state index is 12.3. The largest absolute Gasteiger partial charge is 0.308 e. The molecule has 1 heterocycles. The summed E-state index contributed by atoms with van der Waals surface area (Å²) in [4.78, 5) is 16.9. The van der Waals surface area contributed by atoms with Crippen LogP contribution in [0.1, 0.15) is 12.5 Å². The Labute approximate surface area is 168 Å². The van der Waals surface area contributed by atoms with Gasteiger partial charge < -0.3 is 5.41 Å². The molecule has 0 amide bonds. The summed E-state index contributed by atoms with van der Waals surface area (Å²) in [6, 6.07) is 20.0. The van der Waals surface area contributed by atoms with Gasteiger partial charge >= 0.3 is 0 Å². The number of thioether (sulfide) groups is 1. The van der Waals surface area contributed by atoms with E-state index in [0.29, 0.717) is 5.16 Å². The van der Waals surface area contributed by atoms with Crippen LogP contribution in [0.3, 0.4) is 0 Å². The second-order valence-electron chi connectivity index (χ2n) is 6.46. The van der Waals surface area contributed by atoms with Gasteiger partial charge in [0.05, 0.1) is 23.7 Å². The summed E-state index contributed by atoms with van der Waals surface area (Å²) >= 11 is 1.28. The Morgan fingerprint density at radius 2 is 1.89 bits per heavy atom. The molecule has 140 valence electrons. The molecule has 1 atom stereocenters. The molecule has 0 saturated heterocycles. The minimum atomic E-state index is -0.996. The molecular formula is C22H20N4OS. The predicted octanol–water partition coefficient (Wildman–Crippen LogP) is 4.69. The highest BCUT2D eigenvalue weighted by Crippen LogP contribution is 2.30. The Bertz CT molecular complexity index is 1030. The number of aromatic nitrogens is 2. The fraction of sp³-hybridized carbons (Fsp3) is 0.182. The van der Waals surface area contributed by atoms with Crippen LogP contribution in [-0.4, -0.2) is 26.8 Å². The zero-order valence-electron chi connectivity index (χ0n) is 15.7. The molecule has 6 heteroatoms. The molecule has 0 aliphatic heterocycles. The van der Waals surface area contributed by atoms with Gasteiger partial charge in [0.1, 0.15) is 5.92 Å². The molecule has 0 bridgehead atoms. The molecule has 2 aromatic carbocycles. The minimum Gasteiger partial charge on any atom is -0.308 e. The van der Waals surface area contributed by atoms with Crippen LogP contribution in [0.4, 0.5) is 0 Å². The summed E-state index contributed by atoms with van der Waals surface area (Å²) in [6.07, 6.45) is 1.80. The average molecular weight is 388 g/mol. The van der Waals surface area contributed by atoms with Crippen LogP contribution < -0.4 is 0 Å². The first-order valence-corrected chi connectivity index (χ1v) is 9.80. The van der Waals surface area contributed by atoms with Crippen LogP contribution in [0.15, 0.2) is 66.0 Å². The van der Waals surface area contributed by atoms with E-state index in [4.69, 9.17) is 10.7 Å². The summed E-state index contributed by atoms with van der Waals surface area (Å²) in [5, 5.41) is 17.4. The van der Waals surface area contributed by atoms with Crippen molar-refractivity contribution in [2.75, 3.05) is 5.75 Å². The van der Waals surface area contributed by atoms with E-state index in [1.165, 1.54) is 24.2 Å². The van der Waals surface area contributed by atoms with E-state index in [0.717, 1.165) is 16.9 Å². The van der Waals surface area contributed by atoms with E-state index in [2.05, 4.69) is 29.2 Å². The van der Waals surface area contributed by atoms with Crippen molar-refractivity contribution in [3.8, 4) is 23.0 Å². The van der Waals surface area contributed by atoms with Gasteiger partial charge in [-0.2, -0.15) is 5.26 Å². The number of imidazole rings is 1. The van der Waals surface area contributed by atoms with Gasteiger partial charge in [0.15, 0.2) is 10.9 Å². The van der Waals surface area contributed by atoms with Crippen molar-refractivity contribution < 1.29 is 4.79 Å². The summed E-state index contributed by atoms with van der Waals surface area (Å²) in [6.45, 7) is 3.53. The van der Waals surface area contributed by atoms with Gasteiger partial charge in [-0.05, 0) is 26.0 Å². The summed E-state index contributed by atoms with van der Waals surface area (Å²) in [5.41, 5.74) is 4.16. The third-order valence-corrected chi connectivity index (χ3v) is 5.29. The second-order valence-corrected chi connectivity index (χ2v) is 7.41. The van der Waals surface area contributed by atoms with Crippen molar-refractivity contribution in [3.63, 3.8) is 0 Å². The molecule has 0 aliphatic carbocycles. The molecule has 28 heavy (non-hydrogen) atoms. The monoisotopic (exact) mass is 388 g/mol. The summed E-state index contributed by atoms with van der Waals surface area (Å²) in [7, 11) is 0. The van der Waals surface area contributed by atoms with Gasteiger partial charge in [0.25, 0.3) is 0 Å². The number of carbonyl (C=O) groups is 1. The highest BCUT2D eigenvalue weighted by molar-refractivity contribution is 7.99. The molecule has 0 unspecified atom stereocenters. The highest BCUT2D eigenvalue weighted by Gasteiger charge is 2.22. The quantitative estimate of drug-likeness (QED) is 0.470. The number of nitriles is 1. The van der Waals surface area contributed by atoms with Crippen LogP contribution in [-0.2, 0) is 4.79 Å². The number of rotatable bonds is 7.